The zero-order chi connectivity index (χ0) is 22.7. The van der Waals surface area contributed by atoms with Crippen molar-refractivity contribution in [2.75, 3.05) is 5.32 Å². The Morgan fingerprint density at radius 2 is 1.66 bits per heavy atom. The largest absolute Gasteiger partial charge is 0.473 e. The maximum atomic E-state index is 14.2. The number of para-hydroxylation sites is 1. The highest BCUT2D eigenvalue weighted by atomic mass is 19.4. The van der Waals surface area contributed by atoms with E-state index in [1.807, 2.05) is 0 Å². The van der Waals surface area contributed by atoms with Crippen molar-refractivity contribution < 1.29 is 27.1 Å². The molecule has 0 fully saturated rings. The molecule has 0 bridgehead atoms. The number of hydrogen-bond acceptors (Lipinski definition) is 3. The minimum atomic E-state index is -4.53. The van der Waals surface area contributed by atoms with Gasteiger partial charge in [0.2, 0.25) is 6.10 Å². The number of benzene rings is 3. The highest BCUT2D eigenvalue weighted by Gasteiger charge is 2.31. The Balaban J connectivity index is 1.69. The first-order valence-electron chi connectivity index (χ1n) is 9.56. The molecule has 3 aromatic carbocycles. The molecule has 4 aromatic rings. The van der Waals surface area contributed by atoms with Gasteiger partial charge in [-0.2, -0.15) is 13.2 Å². The first-order chi connectivity index (χ1) is 15.3. The minimum Gasteiger partial charge on any atom is -0.473 e. The van der Waals surface area contributed by atoms with Crippen molar-refractivity contribution in [1.29, 1.82) is 0 Å². The molecule has 1 N–H and O–H groups in total. The second-order valence-corrected chi connectivity index (χ2v) is 6.91. The first-order valence-corrected chi connectivity index (χ1v) is 9.56. The van der Waals surface area contributed by atoms with E-state index in [-0.39, 0.29) is 11.3 Å². The zero-order valence-corrected chi connectivity index (χ0v) is 16.4. The number of carbonyl (C=O) groups excluding carboxylic acids is 1. The SMILES string of the molecule is O=C(Nc1cccc2ncccc12)C(Oc1ccccc1F)c1ccc(C(F)(F)F)cc1. The zero-order valence-electron chi connectivity index (χ0n) is 16.4. The minimum absolute atomic E-state index is 0.136. The van der Waals surface area contributed by atoms with Crippen LogP contribution in [0.15, 0.2) is 85.1 Å². The molecule has 0 saturated heterocycles. The fraction of sp³-hybridized carbons (Fsp3) is 0.0833. The Hall–Kier alpha value is -3.94. The summed E-state index contributed by atoms with van der Waals surface area (Å²) in [7, 11) is 0. The van der Waals surface area contributed by atoms with Crippen LogP contribution in [0.4, 0.5) is 23.2 Å². The molecule has 1 amide bonds. The van der Waals surface area contributed by atoms with Gasteiger partial charge in [0.15, 0.2) is 11.6 Å². The number of nitrogens with one attached hydrogen (secondary N) is 1. The Morgan fingerprint density at radius 1 is 0.906 bits per heavy atom. The number of rotatable bonds is 5. The van der Waals surface area contributed by atoms with E-state index in [2.05, 4.69) is 10.3 Å². The number of alkyl halides is 3. The summed E-state index contributed by atoms with van der Waals surface area (Å²) >= 11 is 0. The van der Waals surface area contributed by atoms with Crippen LogP contribution in [0.25, 0.3) is 10.9 Å². The van der Waals surface area contributed by atoms with Crippen LogP contribution in [-0.2, 0) is 11.0 Å². The number of aromatic nitrogens is 1. The molecule has 1 unspecified atom stereocenters. The molecular formula is C24H16F4N2O2. The summed E-state index contributed by atoms with van der Waals surface area (Å²) in [5, 5.41) is 3.39. The predicted molar refractivity (Wildman–Crippen MR) is 112 cm³/mol. The van der Waals surface area contributed by atoms with Gasteiger partial charge in [0, 0.05) is 17.1 Å². The number of nitrogens with zero attached hydrogens (tertiary/aromatic N) is 1. The number of fused-ring (bicyclic) bond motifs is 1. The Kier molecular flexibility index (Phi) is 5.77. The van der Waals surface area contributed by atoms with Crippen molar-refractivity contribution >= 4 is 22.5 Å². The van der Waals surface area contributed by atoms with Crippen LogP contribution in [0.3, 0.4) is 0 Å². The van der Waals surface area contributed by atoms with Gasteiger partial charge in [-0.25, -0.2) is 4.39 Å². The standard InChI is InChI=1S/C24H16F4N2O2/c25-18-6-1-2-9-21(18)32-22(15-10-12-16(13-11-15)24(26,27)28)23(31)30-20-8-3-7-19-17(20)5-4-14-29-19/h1-14,22H,(H,30,31). The van der Waals surface area contributed by atoms with Gasteiger partial charge in [-0.15, -0.1) is 0 Å². The van der Waals surface area contributed by atoms with E-state index < -0.39 is 29.6 Å². The van der Waals surface area contributed by atoms with Crippen LogP contribution in [0.1, 0.15) is 17.2 Å². The quantitative estimate of drug-likeness (QED) is 0.379. The van der Waals surface area contributed by atoms with Crippen LogP contribution in [-0.4, -0.2) is 10.9 Å². The Labute approximate surface area is 180 Å². The second-order valence-electron chi connectivity index (χ2n) is 6.91. The summed E-state index contributed by atoms with van der Waals surface area (Å²) in [6, 6.07) is 18.1. The van der Waals surface area contributed by atoms with E-state index in [1.54, 1.807) is 36.5 Å². The van der Waals surface area contributed by atoms with Crippen molar-refractivity contribution in [2.45, 2.75) is 12.3 Å². The van der Waals surface area contributed by atoms with E-state index in [4.69, 9.17) is 4.74 Å². The molecule has 1 heterocycles. The fourth-order valence-electron chi connectivity index (χ4n) is 3.20. The lowest BCUT2D eigenvalue weighted by molar-refractivity contribution is -0.137. The number of pyridine rings is 1. The van der Waals surface area contributed by atoms with E-state index >= 15 is 0 Å². The molecule has 0 aliphatic rings. The van der Waals surface area contributed by atoms with Gasteiger partial charge in [-0.05, 0) is 48.5 Å². The number of ether oxygens (including phenoxy) is 1. The van der Waals surface area contributed by atoms with Crippen LogP contribution in [0.5, 0.6) is 5.75 Å². The van der Waals surface area contributed by atoms with Crippen molar-refractivity contribution in [3.8, 4) is 5.75 Å². The molecular weight excluding hydrogens is 424 g/mol. The molecule has 4 nitrogen and oxygen atoms in total. The monoisotopic (exact) mass is 440 g/mol. The molecule has 32 heavy (non-hydrogen) atoms. The first kappa shape index (κ1) is 21.3. The summed E-state index contributed by atoms with van der Waals surface area (Å²) in [6.45, 7) is 0. The van der Waals surface area contributed by atoms with E-state index in [0.29, 0.717) is 16.6 Å². The third-order valence-electron chi connectivity index (χ3n) is 4.76. The molecule has 4 rings (SSSR count). The van der Waals surface area contributed by atoms with Gasteiger partial charge in [-0.1, -0.05) is 30.3 Å². The average molecular weight is 440 g/mol. The van der Waals surface area contributed by atoms with E-state index in [1.165, 1.54) is 18.2 Å². The lowest BCUT2D eigenvalue weighted by Crippen LogP contribution is -2.26. The number of amides is 1. The summed E-state index contributed by atoms with van der Waals surface area (Å²) in [6.07, 6.45) is -4.32. The summed E-state index contributed by atoms with van der Waals surface area (Å²) in [5.41, 5.74) is 0.351. The lowest BCUT2D eigenvalue weighted by atomic mass is 10.1. The van der Waals surface area contributed by atoms with Crippen molar-refractivity contribution in [2.24, 2.45) is 0 Å². The van der Waals surface area contributed by atoms with Crippen LogP contribution < -0.4 is 10.1 Å². The summed E-state index contributed by atoms with van der Waals surface area (Å²) in [5.74, 6) is -1.58. The van der Waals surface area contributed by atoms with Crippen LogP contribution >= 0.6 is 0 Å². The van der Waals surface area contributed by atoms with Gasteiger partial charge in [0.25, 0.3) is 5.91 Å². The maximum Gasteiger partial charge on any atom is 0.416 e. The molecule has 1 aromatic heterocycles. The Bertz CT molecular complexity index is 1250. The van der Waals surface area contributed by atoms with E-state index in [0.717, 1.165) is 30.3 Å². The van der Waals surface area contributed by atoms with Gasteiger partial charge in [0.1, 0.15) is 0 Å². The lowest BCUT2D eigenvalue weighted by Gasteiger charge is -2.20. The molecule has 0 aliphatic carbocycles. The number of hydrogen-bond donors (Lipinski definition) is 1. The predicted octanol–water partition coefficient (Wildman–Crippen LogP) is 6.15. The van der Waals surface area contributed by atoms with Crippen LogP contribution in [0.2, 0.25) is 0 Å². The molecule has 8 heteroatoms. The Morgan fingerprint density at radius 3 is 2.38 bits per heavy atom. The van der Waals surface area contributed by atoms with Gasteiger partial charge in [0.05, 0.1) is 16.8 Å². The molecule has 0 saturated carbocycles. The summed E-state index contributed by atoms with van der Waals surface area (Å²) in [4.78, 5) is 17.4. The van der Waals surface area contributed by atoms with Crippen molar-refractivity contribution in [3.05, 3.63) is 102 Å². The molecule has 0 spiro atoms. The van der Waals surface area contributed by atoms with Gasteiger partial charge in [-0.3, -0.25) is 9.78 Å². The highest BCUT2D eigenvalue weighted by molar-refractivity contribution is 6.02. The van der Waals surface area contributed by atoms with E-state index in [9.17, 15) is 22.4 Å². The molecule has 0 radical (unpaired) electrons. The average Bonchev–Trinajstić information content (AvgIpc) is 2.78. The molecule has 1 atom stereocenters. The number of anilines is 1. The third kappa shape index (κ3) is 4.54. The smallest absolute Gasteiger partial charge is 0.416 e. The summed E-state index contributed by atoms with van der Waals surface area (Å²) < 4.78 is 58.6. The molecule has 162 valence electrons. The number of carbonyl (C=O) groups is 1. The van der Waals surface area contributed by atoms with Crippen molar-refractivity contribution in [1.82, 2.24) is 4.98 Å². The van der Waals surface area contributed by atoms with Crippen molar-refractivity contribution in [3.63, 3.8) is 0 Å². The highest BCUT2D eigenvalue weighted by Crippen LogP contribution is 2.32. The maximum absolute atomic E-state index is 14.2. The third-order valence-corrected chi connectivity index (χ3v) is 4.76. The second kappa shape index (κ2) is 8.66. The van der Waals surface area contributed by atoms with Gasteiger partial charge >= 0.3 is 6.18 Å². The van der Waals surface area contributed by atoms with Gasteiger partial charge < -0.3 is 10.1 Å². The topological polar surface area (TPSA) is 51.2 Å². The van der Waals surface area contributed by atoms with Crippen LogP contribution in [0, 0.1) is 5.82 Å². The fourth-order valence-corrected chi connectivity index (χ4v) is 3.20. The number of halogens is 4. The molecule has 0 aliphatic heterocycles. The normalized spacial score (nSPS) is 12.4.